The van der Waals surface area contributed by atoms with E-state index >= 15 is 0 Å². The maximum absolute atomic E-state index is 13.5. The van der Waals surface area contributed by atoms with E-state index < -0.39 is 17.5 Å². The van der Waals surface area contributed by atoms with Crippen LogP contribution in [0.15, 0.2) is 46.9 Å². The van der Waals surface area contributed by atoms with Crippen molar-refractivity contribution in [1.82, 2.24) is 10.2 Å². The normalized spacial score (nSPS) is 10.6. The van der Waals surface area contributed by atoms with Crippen molar-refractivity contribution in [2.75, 3.05) is 5.32 Å². The Morgan fingerprint density at radius 2 is 1.67 bits per heavy atom. The van der Waals surface area contributed by atoms with Gasteiger partial charge in [0, 0.05) is 0 Å². The van der Waals surface area contributed by atoms with Crippen LogP contribution in [0.5, 0.6) is 5.75 Å². The van der Waals surface area contributed by atoms with Crippen LogP contribution < -0.4 is 10.1 Å². The zero-order valence-electron chi connectivity index (χ0n) is 12.3. The van der Waals surface area contributed by atoms with Crippen molar-refractivity contribution in [3.8, 4) is 5.75 Å². The summed E-state index contributed by atoms with van der Waals surface area (Å²) >= 11 is 0. The number of nitrogens with one attached hydrogen (secondary N) is 1. The van der Waals surface area contributed by atoms with Gasteiger partial charge >= 0.3 is 0 Å². The van der Waals surface area contributed by atoms with E-state index in [0.717, 1.165) is 12.1 Å². The van der Waals surface area contributed by atoms with Crippen molar-refractivity contribution >= 4 is 5.69 Å². The van der Waals surface area contributed by atoms with Gasteiger partial charge in [-0.2, -0.15) is 0 Å². The van der Waals surface area contributed by atoms with Crippen LogP contribution in [-0.4, -0.2) is 10.2 Å². The summed E-state index contributed by atoms with van der Waals surface area (Å²) in [6.07, 6.45) is 0. The number of para-hydroxylation sites is 1. The summed E-state index contributed by atoms with van der Waals surface area (Å²) in [4.78, 5) is 0. The first-order valence-electron chi connectivity index (χ1n) is 7.00. The fourth-order valence-corrected chi connectivity index (χ4v) is 1.91. The highest BCUT2D eigenvalue weighted by atomic mass is 19.2. The third-order valence-corrected chi connectivity index (χ3v) is 3.08. The Labute approximate surface area is 135 Å². The Bertz CT molecular complexity index is 825. The minimum absolute atomic E-state index is 0.0413. The minimum Gasteiger partial charge on any atom is -0.484 e. The van der Waals surface area contributed by atoms with Gasteiger partial charge in [0.1, 0.15) is 5.75 Å². The first-order chi connectivity index (χ1) is 11.6. The van der Waals surface area contributed by atoms with Gasteiger partial charge in [-0.05, 0) is 24.3 Å². The van der Waals surface area contributed by atoms with Crippen LogP contribution in [0.4, 0.5) is 18.9 Å². The van der Waals surface area contributed by atoms with E-state index in [4.69, 9.17) is 9.15 Å². The lowest BCUT2D eigenvalue weighted by Gasteiger charge is -2.06. The van der Waals surface area contributed by atoms with Gasteiger partial charge in [-0.15, -0.1) is 10.2 Å². The summed E-state index contributed by atoms with van der Waals surface area (Å²) in [6.45, 7) is 0.0386. The Kier molecular flexibility index (Phi) is 4.64. The summed E-state index contributed by atoms with van der Waals surface area (Å²) < 4.78 is 50.3. The van der Waals surface area contributed by atoms with Crippen molar-refractivity contribution in [3.63, 3.8) is 0 Å². The molecule has 5 nitrogen and oxygen atoms in total. The summed E-state index contributed by atoms with van der Waals surface area (Å²) in [7, 11) is 0. The molecule has 2 aromatic carbocycles. The van der Waals surface area contributed by atoms with E-state index in [2.05, 4.69) is 15.5 Å². The molecule has 0 spiro atoms. The Balaban J connectivity index is 1.57. The zero-order valence-corrected chi connectivity index (χ0v) is 12.3. The molecule has 3 rings (SSSR count). The number of halogens is 3. The third-order valence-electron chi connectivity index (χ3n) is 3.08. The zero-order chi connectivity index (χ0) is 16.9. The molecule has 0 aliphatic carbocycles. The topological polar surface area (TPSA) is 60.2 Å². The molecule has 3 aromatic rings. The molecule has 0 unspecified atom stereocenters. The first-order valence-corrected chi connectivity index (χ1v) is 7.00. The van der Waals surface area contributed by atoms with Crippen molar-refractivity contribution in [3.05, 3.63) is 71.7 Å². The van der Waals surface area contributed by atoms with Crippen LogP contribution in [0.1, 0.15) is 11.8 Å². The number of ether oxygens (including phenoxy) is 1. The molecular formula is C16H12F3N3O2. The molecule has 0 atom stereocenters. The fourth-order valence-electron chi connectivity index (χ4n) is 1.91. The van der Waals surface area contributed by atoms with Crippen LogP contribution in [-0.2, 0) is 13.2 Å². The molecule has 0 aliphatic rings. The average molecular weight is 335 g/mol. The monoisotopic (exact) mass is 335 g/mol. The summed E-state index contributed by atoms with van der Waals surface area (Å²) in [5.41, 5.74) is -0.200. The Hall–Kier alpha value is -3.03. The third kappa shape index (κ3) is 3.65. The smallest absolute Gasteiger partial charge is 0.253 e. The number of hydrogen-bond donors (Lipinski definition) is 1. The molecule has 1 aromatic heterocycles. The van der Waals surface area contributed by atoms with Gasteiger partial charge < -0.3 is 14.5 Å². The molecular weight excluding hydrogens is 323 g/mol. The van der Waals surface area contributed by atoms with Crippen LogP contribution >= 0.6 is 0 Å². The van der Waals surface area contributed by atoms with Gasteiger partial charge in [-0.1, -0.05) is 18.2 Å². The molecule has 1 heterocycles. The van der Waals surface area contributed by atoms with E-state index in [9.17, 15) is 13.2 Å². The molecule has 0 aliphatic heterocycles. The second kappa shape index (κ2) is 7.03. The lowest BCUT2D eigenvalue weighted by molar-refractivity contribution is 0.259. The number of benzene rings is 2. The average Bonchev–Trinajstić information content (AvgIpc) is 3.06. The lowest BCUT2D eigenvalue weighted by Crippen LogP contribution is -2.04. The van der Waals surface area contributed by atoms with E-state index in [1.807, 2.05) is 18.2 Å². The van der Waals surface area contributed by atoms with Crippen LogP contribution in [0.3, 0.4) is 0 Å². The molecule has 0 fully saturated rings. The molecule has 0 saturated carbocycles. The summed E-state index contributed by atoms with van der Waals surface area (Å²) in [6, 6.07) is 11.0. The van der Waals surface area contributed by atoms with Gasteiger partial charge in [0.15, 0.2) is 24.1 Å². The fraction of sp³-hybridized carbons (Fsp3) is 0.125. The molecule has 124 valence electrons. The van der Waals surface area contributed by atoms with Gasteiger partial charge in [0.25, 0.3) is 5.89 Å². The molecule has 24 heavy (non-hydrogen) atoms. The maximum Gasteiger partial charge on any atom is 0.253 e. The van der Waals surface area contributed by atoms with Gasteiger partial charge in [0.2, 0.25) is 5.89 Å². The molecule has 0 bridgehead atoms. The second-order valence-electron chi connectivity index (χ2n) is 4.77. The Morgan fingerprint density at radius 1 is 0.917 bits per heavy atom. The molecule has 1 N–H and O–H groups in total. The highest BCUT2D eigenvalue weighted by Gasteiger charge is 2.14. The highest BCUT2D eigenvalue weighted by Crippen LogP contribution is 2.20. The highest BCUT2D eigenvalue weighted by molar-refractivity contribution is 5.45. The van der Waals surface area contributed by atoms with E-state index in [1.165, 1.54) is 0 Å². The van der Waals surface area contributed by atoms with Crippen molar-refractivity contribution in [2.24, 2.45) is 0 Å². The maximum atomic E-state index is 13.5. The quantitative estimate of drug-likeness (QED) is 0.697. The van der Waals surface area contributed by atoms with Gasteiger partial charge in [0.05, 0.1) is 12.2 Å². The van der Waals surface area contributed by atoms with Gasteiger partial charge in [-0.3, -0.25) is 0 Å². The van der Waals surface area contributed by atoms with E-state index in [-0.39, 0.29) is 30.6 Å². The predicted octanol–water partition coefficient (Wildman–Crippen LogP) is 3.68. The molecule has 0 amide bonds. The van der Waals surface area contributed by atoms with Crippen molar-refractivity contribution in [1.29, 1.82) is 0 Å². The van der Waals surface area contributed by atoms with Crippen LogP contribution in [0.25, 0.3) is 0 Å². The number of hydrogen-bond acceptors (Lipinski definition) is 5. The van der Waals surface area contributed by atoms with Gasteiger partial charge in [-0.25, -0.2) is 13.2 Å². The number of nitrogens with zero attached hydrogens (tertiary/aromatic N) is 2. The Morgan fingerprint density at radius 3 is 2.46 bits per heavy atom. The largest absolute Gasteiger partial charge is 0.484 e. The predicted molar refractivity (Wildman–Crippen MR) is 78.7 cm³/mol. The number of aromatic nitrogens is 2. The van der Waals surface area contributed by atoms with E-state index in [1.54, 1.807) is 12.1 Å². The summed E-state index contributed by atoms with van der Waals surface area (Å²) in [5, 5.41) is 10.1. The lowest BCUT2D eigenvalue weighted by atomic mass is 10.3. The molecule has 8 heteroatoms. The van der Waals surface area contributed by atoms with Crippen molar-refractivity contribution < 1.29 is 22.3 Å². The summed E-state index contributed by atoms with van der Waals surface area (Å²) in [5.74, 6) is -3.05. The van der Waals surface area contributed by atoms with E-state index in [0.29, 0.717) is 5.75 Å². The number of rotatable bonds is 6. The molecule has 0 saturated heterocycles. The van der Waals surface area contributed by atoms with Crippen LogP contribution in [0.2, 0.25) is 0 Å². The second-order valence-corrected chi connectivity index (χ2v) is 4.77. The SMILES string of the molecule is Fc1ccc(NCc2nnc(COc3ccccc3)o2)c(F)c1F. The molecule has 0 radical (unpaired) electrons. The van der Waals surface area contributed by atoms with Crippen molar-refractivity contribution in [2.45, 2.75) is 13.2 Å². The first kappa shape index (κ1) is 15.9. The standard InChI is InChI=1S/C16H12F3N3O2/c17-11-6-7-12(16(19)15(11)18)20-8-13-21-22-14(24-13)9-23-10-4-2-1-3-5-10/h1-7,20H,8-9H2. The number of anilines is 1. The van der Waals surface area contributed by atoms with Crippen LogP contribution in [0, 0.1) is 17.5 Å². The minimum atomic E-state index is -1.54.